The molecule has 0 heterocycles. The molecule has 1 N–H and O–H groups in total. The van der Waals surface area contributed by atoms with Crippen molar-refractivity contribution >= 4 is 11.9 Å². The van der Waals surface area contributed by atoms with Crippen molar-refractivity contribution in [3.05, 3.63) is 0 Å². The fraction of sp³-hybridized carbons (Fsp3) is 0.920. The molecule has 0 radical (unpaired) electrons. The number of ether oxygens (including phenoxy) is 1. The molecule has 0 aromatic rings. The summed E-state index contributed by atoms with van der Waals surface area (Å²) in [5.74, 6) is -1.61. The summed E-state index contributed by atoms with van der Waals surface area (Å²) in [6, 6.07) is 0. The van der Waals surface area contributed by atoms with Crippen LogP contribution in [-0.4, -0.2) is 22.6 Å². The van der Waals surface area contributed by atoms with E-state index in [9.17, 15) is 14.7 Å². The third-order valence-electron chi connectivity index (χ3n) is 6.37. The van der Waals surface area contributed by atoms with E-state index in [2.05, 4.69) is 6.92 Å². The first-order chi connectivity index (χ1) is 13.9. The molecule has 29 heavy (non-hydrogen) atoms. The summed E-state index contributed by atoms with van der Waals surface area (Å²) < 4.78 is 5.77. The number of hydrogen-bond acceptors (Lipinski definition) is 3. The molecular formula is C25H46O4. The largest absolute Gasteiger partial charge is 0.481 e. The van der Waals surface area contributed by atoms with Gasteiger partial charge >= 0.3 is 11.9 Å². The summed E-state index contributed by atoms with van der Waals surface area (Å²) in [7, 11) is 0. The van der Waals surface area contributed by atoms with Crippen molar-refractivity contribution in [2.45, 2.75) is 136 Å². The Morgan fingerprint density at radius 2 is 1.31 bits per heavy atom. The van der Waals surface area contributed by atoms with Gasteiger partial charge in [-0.1, -0.05) is 84.0 Å². The Morgan fingerprint density at radius 3 is 1.83 bits per heavy atom. The van der Waals surface area contributed by atoms with Crippen LogP contribution in [0.3, 0.4) is 0 Å². The van der Waals surface area contributed by atoms with Gasteiger partial charge in [-0.05, 0) is 46.0 Å². The van der Waals surface area contributed by atoms with Crippen molar-refractivity contribution in [2.24, 2.45) is 11.8 Å². The van der Waals surface area contributed by atoms with Gasteiger partial charge in [-0.3, -0.25) is 9.59 Å². The molecule has 0 spiro atoms. The predicted molar refractivity (Wildman–Crippen MR) is 119 cm³/mol. The number of carbonyl (C=O) groups excluding carboxylic acids is 1. The van der Waals surface area contributed by atoms with Crippen molar-refractivity contribution in [2.75, 3.05) is 0 Å². The number of aliphatic carboxylic acids is 1. The number of rotatable bonds is 16. The monoisotopic (exact) mass is 410 g/mol. The first kappa shape index (κ1) is 26.0. The van der Waals surface area contributed by atoms with Gasteiger partial charge in [-0.15, -0.1) is 0 Å². The fourth-order valence-corrected chi connectivity index (χ4v) is 4.43. The summed E-state index contributed by atoms with van der Waals surface area (Å²) >= 11 is 0. The van der Waals surface area contributed by atoms with E-state index in [0.717, 1.165) is 25.7 Å². The van der Waals surface area contributed by atoms with Gasteiger partial charge < -0.3 is 9.84 Å². The third-order valence-corrected chi connectivity index (χ3v) is 6.37. The minimum absolute atomic E-state index is 0.195. The Balaban J connectivity index is 2.07. The normalized spacial score (nSPS) is 19.8. The summed E-state index contributed by atoms with van der Waals surface area (Å²) in [6.45, 7) is 6.24. The predicted octanol–water partition coefficient (Wildman–Crippen LogP) is 7.29. The van der Waals surface area contributed by atoms with Crippen LogP contribution in [0, 0.1) is 11.8 Å². The molecule has 0 aromatic heterocycles. The van der Waals surface area contributed by atoms with Crippen molar-refractivity contribution < 1.29 is 19.4 Å². The van der Waals surface area contributed by atoms with Gasteiger partial charge in [0.25, 0.3) is 0 Å². The lowest BCUT2D eigenvalue weighted by molar-refractivity contribution is -0.164. The number of esters is 1. The zero-order valence-electron chi connectivity index (χ0n) is 19.3. The summed E-state index contributed by atoms with van der Waals surface area (Å²) in [6.07, 6.45) is 19.4. The molecule has 1 saturated carbocycles. The molecule has 1 aliphatic carbocycles. The molecule has 1 fully saturated rings. The number of carbonyl (C=O) groups is 2. The Labute approximate surface area is 179 Å². The third kappa shape index (κ3) is 12.3. The Kier molecular flexibility index (Phi) is 13.3. The molecule has 0 aromatic carbocycles. The smallest absolute Gasteiger partial charge is 0.309 e. The molecule has 0 amide bonds. The average Bonchev–Trinajstić information content (AvgIpc) is 2.68. The van der Waals surface area contributed by atoms with Gasteiger partial charge in [0.2, 0.25) is 0 Å². The molecule has 1 aliphatic rings. The molecule has 4 heteroatoms. The molecule has 2 unspecified atom stereocenters. The van der Waals surface area contributed by atoms with Gasteiger partial charge in [-0.25, -0.2) is 0 Å². The highest BCUT2D eigenvalue weighted by Gasteiger charge is 2.34. The van der Waals surface area contributed by atoms with Crippen LogP contribution in [-0.2, 0) is 14.3 Å². The van der Waals surface area contributed by atoms with E-state index in [1.807, 2.05) is 13.8 Å². The second-order valence-corrected chi connectivity index (χ2v) is 9.72. The van der Waals surface area contributed by atoms with E-state index in [-0.39, 0.29) is 17.8 Å². The second-order valence-electron chi connectivity index (χ2n) is 9.72. The second kappa shape index (κ2) is 14.8. The van der Waals surface area contributed by atoms with Crippen LogP contribution in [0.2, 0.25) is 0 Å². The van der Waals surface area contributed by atoms with Gasteiger partial charge in [0.1, 0.15) is 5.60 Å². The molecule has 170 valence electrons. The van der Waals surface area contributed by atoms with Crippen LogP contribution < -0.4 is 0 Å². The minimum atomic E-state index is -0.779. The maximum atomic E-state index is 12.5. The number of hydrogen-bond donors (Lipinski definition) is 1. The first-order valence-electron chi connectivity index (χ1n) is 12.3. The van der Waals surface area contributed by atoms with Crippen LogP contribution in [0.5, 0.6) is 0 Å². The Morgan fingerprint density at radius 1 is 0.828 bits per heavy atom. The molecule has 0 bridgehead atoms. The van der Waals surface area contributed by atoms with E-state index in [4.69, 9.17) is 4.74 Å². The topological polar surface area (TPSA) is 63.6 Å². The summed E-state index contributed by atoms with van der Waals surface area (Å²) in [4.78, 5) is 23.7. The fourth-order valence-electron chi connectivity index (χ4n) is 4.43. The van der Waals surface area contributed by atoms with Gasteiger partial charge in [0, 0.05) is 0 Å². The maximum Gasteiger partial charge on any atom is 0.309 e. The van der Waals surface area contributed by atoms with Crippen LogP contribution in [0.4, 0.5) is 0 Å². The van der Waals surface area contributed by atoms with E-state index >= 15 is 0 Å². The number of carboxylic acid groups (broad SMARTS) is 1. The van der Waals surface area contributed by atoms with Gasteiger partial charge in [-0.2, -0.15) is 0 Å². The average molecular weight is 411 g/mol. The van der Waals surface area contributed by atoms with E-state index in [0.29, 0.717) is 12.8 Å². The van der Waals surface area contributed by atoms with Crippen molar-refractivity contribution in [1.29, 1.82) is 0 Å². The minimum Gasteiger partial charge on any atom is -0.481 e. The molecular weight excluding hydrogens is 364 g/mol. The Hall–Kier alpha value is -1.06. The molecule has 4 nitrogen and oxygen atoms in total. The van der Waals surface area contributed by atoms with Crippen LogP contribution >= 0.6 is 0 Å². The lowest BCUT2D eigenvalue weighted by atomic mass is 9.81. The molecule has 1 rings (SSSR count). The number of carboxylic acids is 1. The Bertz CT molecular complexity index is 458. The molecule has 0 saturated heterocycles. The molecule has 0 aliphatic heterocycles. The van der Waals surface area contributed by atoms with Crippen LogP contribution in [0.1, 0.15) is 130 Å². The standard InChI is InChI=1S/C25H46O4/c1-4-5-6-7-8-9-10-11-12-13-14-15-19-25(2,3)29-24(28)22-18-16-17-21(20-22)23(26)27/h21-22H,4-20H2,1-3H3,(H,26,27). The highest BCUT2D eigenvalue weighted by Crippen LogP contribution is 2.32. The van der Waals surface area contributed by atoms with Crippen molar-refractivity contribution in [1.82, 2.24) is 0 Å². The van der Waals surface area contributed by atoms with Crippen molar-refractivity contribution in [3.63, 3.8) is 0 Å². The number of unbranched alkanes of at least 4 members (excludes halogenated alkanes) is 11. The van der Waals surface area contributed by atoms with Gasteiger partial charge in [0.15, 0.2) is 0 Å². The van der Waals surface area contributed by atoms with Crippen LogP contribution in [0.15, 0.2) is 0 Å². The van der Waals surface area contributed by atoms with Crippen molar-refractivity contribution in [3.8, 4) is 0 Å². The van der Waals surface area contributed by atoms with Crippen LogP contribution in [0.25, 0.3) is 0 Å². The van der Waals surface area contributed by atoms with E-state index in [1.165, 1.54) is 70.6 Å². The lowest BCUT2D eigenvalue weighted by Gasteiger charge is -2.30. The maximum absolute atomic E-state index is 12.5. The first-order valence-corrected chi connectivity index (χ1v) is 12.3. The zero-order valence-corrected chi connectivity index (χ0v) is 19.3. The quantitative estimate of drug-likeness (QED) is 0.214. The summed E-state index contributed by atoms with van der Waals surface area (Å²) in [5.41, 5.74) is -0.453. The zero-order chi connectivity index (χ0) is 21.5. The lowest BCUT2D eigenvalue weighted by Crippen LogP contribution is -2.34. The van der Waals surface area contributed by atoms with E-state index < -0.39 is 11.6 Å². The highest BCUT2D eigenvalue weighted by atomic mass is 16.6. The van der Waals surface area contributed by atoms with Gasteiger partial charge in [0.05, 0.1) is 11.8 Å². The SMILES string of the molecule is CCCCCCCCCCCCCCC(C)(C)OC(=O)C1CCCC(C(=O)O)C1. The highest BCUT2D eigenvalue weighted by molar-refractivity contribution is 5.75. The van der Waals surface area contributed by atoms with E-state index in [1.54, 1.807) is 0 Å². The molecule has 2 atom stereocenters. The summed E-state index contributed by atoms with van der Waals surface area (Å²) in [5, 5.41) is 9.20.